The van der Waals surface area contributed by atoms with E-state index in [9.17, 15) is 23.5 Å². The zero-order chi connectivity index (χ0) is 30.7. The molecule has 0 spiro atoms. The van der Waals surface area contributed by atoms with E-state index < -0.39 is 35.1 Å². The Morgan fingerprint density at radius 2 is 1.60 bits per heavy atom. The standard InChI is InChI=1S/C34H29F2NO6/c1-4-42-29-17-22(10-15-28(29)41-3)31-30(33(39)34(40)37(31)24-12-13-25(35)26(36)18-24)32(38)23-11-14-27(20(2)16-23)43-19-21-8-6-5-7-9-21/h5-18,31,38H,4,19H2,1-3H3/b32-30+. The van der Waals surface area contributed by atoms with Crippen LogP contribution in [-0.4, -0.2) is 30.5 Å². The number of methoxy groups -OCH3 is 1. The number of aryl methyl sites for hydroxylation is 1. The summed E-state index contributed by atoms with van der Waals surface area (Å²) >= 11 is 0. The van der Waals surface area contributed by atoms with E-state index in [1.54, 1.807) is 50.2 Å². The number of halogens is 2. The number of anilines is 1. The van der Waals surface area contributed by atoms with E-state index in [4.69, 9.17) is 14.2 Å². The summed E-state index contributed by atoms with van der Waals surface area (Å²) in [5, 5.41) is 11.5. The van der Waals surface area contributed by atoms with Crippen LogP contribution in [0, 0.1) is 18.6 Å². The van der Waals surface area contributed by atoms with Gasteiger partial charge >= 0.3 is 0 Å². The van der Waals surface area contributed by atoms with Crippen LogP contribution in [0.1, 0.15) is 35.2 Å². The highest BCUT2D eigenvalue weighted by Crippen LogP contribution is 2.44. The van der Waals surface area contributed by atoms with E-state index in [1.165, 1.54) is 13.2 Å². The lowest BCUT2D eigenvalue weighted by molar-refractivity contribution is -0.132. The van der Waals surface area contributed by atoms with Gasteiger partial charge in [-0.3, -0.25) is 14.5 Å². The van der Waals surface area contributed by atoms with E-state index in [1.807, 2.05) is 30.3 Å². The quantitative estimate of drug-likeness (QED) is 0.131. The number of hydrogen-bond acceptors (Lipinski definition) is 6. The average molecular weight is 586 g/mol. The van der Waals surface area contributed by atoms with Crippen LogP contribution in [0.3, 0.4) is 0 Å². The highest BCUT2D eigenvalue weighted by Gasteiger charge is 2.47. The molecule has 1 aliphatic heterocycles. The van der Waals surface area contributed by atoms with Gasteiger partial charge in [0.05, 0.1) is 25.3 Å². The lowest BCUT2D eigenvalue weighted by Gasteiger charge is -2.26. The van der Waals surface area contributed by atoms with E-state index in [0.717, 1.165) is 22.6 Å². The number of rotatable bonds is 9. The van der Waals surface area contributed by atoms with Crippen LogP contribution in [-0.2, 0) is 16.2 Å². The highest BCUT2D eigenvalue weighted by molar-refractivity contribution is 6.51. The van der Waals surface area contributed by atoms with Gasteiger partial charge in [0.25, 0.3) is 11.7 Å². The van der Waals surface area contributed by atoms with Crippen molar-refractivity contribution in [2.75, 3.05) is 18.6 Å². The number of Topliss-reactive ketones (excluding diaryl/α,β-unsaturated/α-hetero) is 1. The second-order valence-electron chi connectivity index (χ2n) is 9.87. The monoisotopic (exact) mass is 585 g/mol. The molecule has 43 heavy (non-hydrogen) atoms. The number of nitrogens with zero attached hydrogens (tertiary/aromatic N) is 1. The third-order valence-electron chi connectivity index (χ3n) is 7.11. The van der Waals surface area contributed by atoms with Crippen LogP contribution in [0.15, 0.2) is 90.5 Å². The number of carbonyl (C=O) groups is 2. The maximum atomic E-state index is 14.3. The predicted molar refractivity (Wildman–Crippen MR) is 157 cm³/mol. The highest BCUT2D eigenvalue weighted by atomic mass is 19.2. The topological polar surface area (TPSA) is 85.3 Å². The Morgan fingerprint density at radius 1 is 0.860 bits per heavy atom. The van der Waals surface area contributed by atoms with Gasteiger partial charge in [0.15, 0.2) is 23.1 Å². The lowest BCUT2D eigenvalue weighted by atomic mass is 9.94. The number of ketones is 1. The van der Waals surface area contributed by atoms with Crippen molar-refractivity contribution in [1.29, 1.82) is 0 Å². The van der Waals surface area contributed by atoms with Crippen molar-refractivity contribution in [3.8, 4) is 17.2 Å². The van der Waals surface area contributed by atoms with Gasteiger partial charge in [0.1, 0.15) is 18.1 Å². The molecular weight excluding hydrogens is 556 g/mol. The normalized spacial score (nSPS) is 15.9. The Bertz CT molecular complexity index is 1720. The van der Waals surface area contributed by atoms with Gasteiger partial charge in [-0.2, -0.15) is 0 Å². The van der Waals surface area contributed by atoms with Gasteiger partial charge in [-0.05, 0) is 73.0 Å². The molecule has 0 aliphatic carbocycles. The van der Waals surface area contributed by atoms with Crippen molar-refractivity contribution in [2.24, 2.45) is 0 Å². The second kappa shape index (κ2) is 12.4. The molecule has 9 heteroatoms. The number of amides is 1. The molecule has 1 aliphatic rings. The Hall–Kier alpha value is -5.18. The minimum atomic E-state index is -1.19. The Balaban J connectivity index is 1.61. The van der Waals surface area contributed by atoms with Crippen LogP contribution in [0.4, 0.5) is 14.5 Å². The molecule has 0 aromatic heterocycles. The average Bonchev–Trinajstić information content (AvgIpc) is 3.28. The second-order valence-corrected chi connectivity index (χ2v) is 9.87. The molecule has 220 valence electrons. The molecule has 4 aromatic rings. The summed E-state index contributed by atoms with van der Waals surface area (Å²) in [5.74, 6) is -3.38. The summed E-state index contributed by atoms with van der Waals surface area (Å²) < 4.78 is 45.2. The van der Waals surface area contributed by atoms with Crippen LogP contribution in [0.25, 0.3) is 5.76 Å². The molecule has 1 fully saturated rings. The first-order chi connectivity index (χ1) is 20.7. The summed E-state index contributed by atoms with van der Waals surface area (Å²) in [7, 11) is 1.47. The SMILES string of the molecule is CCOc1cc(C2/C(=C(\O)c3ccc(OCc4ccccc4)c(C)c3)C(=O)C(=O)N2c2ccc(F)c(F)c2)ccc1OC. The summed E-state index contributed by atoms with van der Waals surface area (Å²) in [6.07, 6.45) is 0. The van der Waals surface area contributed by atoms with Crippen molar-refractivity contribution in [1.82, 2.24) is 0 Å². The Labute approximate surface area is 247 Å². The zero-order valence-electron chi connectivity index (χ0n) is 23.8. The predicted octanol–water partition coefficient (Wildman–Crippen LogP) is 6.89. The van der Waals surface area contributed by atoms with Gasteiger partial charge in [-0.15, -0.1) is 0 Å². The molecular formula is C34H29F2NO6. The van der Waals surface area contributed by atoms with E-state index in [2.05, 4.69) is 0 Å². The molecule has 1 atom stereocenters. The number of carbonyl (C=O) groups excluding carboxylic acids is 2. The van der Waals surface area contributed by atoms with Crippen LogP contribution >= 0.6 is 0 Å². The molecule has 0 bridgehead atoms. The summed E-state index contributed by atoms with van der Waals surface area (Å²) in [6, 6.07) is 21.1. The van der Waals surface area contributed by atoms with Crippen molar-refractivity contribution in [3.05, 3.63) is 124 Å². The molecule has 0 radical (unpaired) electrons. The van der Waals surface area contributed by atoms with Crippen molar-refractivity contribution in [3.63, 3.8) is 0 Å². The van der Waals surface area contributed by atoms with E-state index >= 15 is 0 Å². The molecule has 0 saturated carbocycles. The maximum Gasteiger partial charge on any atom is 0.300 e. The maximum absolute atomic E-state index is 14.3. The first kappa shape index (κ1) is 29.3. The minimum absolute atomic E-state index is 0.0559. The van der Waals surface area contributed by atoms with E-state index in [-0.39, 0.29) is 16.8 Å². The van der Waals surface area contributed by atoms with Crippen molar-refractivity contribution < 1.29 is 37.7 Å². The van der Waals surface area contributed by atoms with Crippen LogP contribution in [0.5, 0.6) is 17.2 Å². The zero-order valence-corrected chi connectivity index (χ0v) is 23.8. The van der Waals surface area contributed by atoms with Crippen LogP contribution in [0.2, 0.25) is 0 Å². The van der Waals surface area contributed by atoms with Crippen molar-refractivity contribution in [2.45, 2.75) is 26.5 Å². The van der Waals surface area contributed by atoms with Gasteiger partial charge < -0.3 is 19.3 Å². The van der Waals surface area contributed by atoms with Gasteiger partial charge in [0.2, 0.25) is 0 Å². The summed E-state index contributed by atoms with van der Waals surface area (Å²) in [6.45, 7) is 4.23. The van der Waals surface area contributed by atoms with Gasteiger partial charge in [0, 0.05) is 17.3 Å². The molecule has 1 unspecified atom stereocenters. The fraction of sp³-hybridized carbons (Fsp3) is 0.176. The third-order valence-corrected chi connectivity index (χ3v) is 7.11. The number of aliphatic hydroxyl groups excluding tert-OH is 1. The van der Waals surface area contributed by atoms with E-state index in [0.29, 0.717) is 41.6 Å². The summed E-state index contributed by atoms with van der Waals surface area (Å²) in [5.41, 5.74) is 2.05. The Morgan fingerprint density at radius 3 is 2.28 bits per heavy atom. The molecule has 7 nitrogen and oxygen atoms in total. The lowest BCUT2D eigenvalue weighted by Crippen LogP contribution is -2.29. The largest absolute Gasteiger partial charge is 0.507 e. The number of hydrogen-bond donors (Lipinski definition) is 1. The smallest absolute Gasteiger partial charge is 0.300 e. The van der Waals surface area contributed by atoms with Crippen LogP contribution < -0.4 is 19.1 Å². The first-order valence-corrected chi connectivity index (χ1v) is 13.6. The number of benzene rings is 4. The molecule has 1 N–H and O–H groups in total. The molecule has 1 saturated heterocycles. The Kier molecular flexibility index (Phi) is 8.43. The molecule has 1 heterocycles. The van der Waals surface area contributed by atoms with Crippen molar-refractivity contribution >= 4 is 23.1 Å². The molecule has 1 amide bonds. The fourth-order valence-corrected chi connectivity index (χ4v) is 5.03. The molecule has 4 aromatic carbocycles. The first-order valence-electron chi connectivity index (χ1n) is 13.6. The fourth-order valence-electron chi connectivity index (χ4n) is 5.03. The number of aliphatic hydroxyl groups is 1. The van der Waals surface area contributed by atoms with Gasteiger partial charge in [-0.25, -0.2) is 8.78 Å². The van der Waals surface area contributed by atoms with Gasteiger partial charge in [-0.1, -0.05) is 36.4 Å². The third kappa shape index (κ3) is 5.79. The minimum Gasteiger partial charge on any atom is -0.507 e. The molecule has 5 rings (SSSR count). The number of ether oxygens (including phenoxy) is 3. The summed E-state index contributed by atoms with van der Waals surface area (Å²) in [4.78, 5) is 28.0.